The molecule has 12 amide bonds. The number of ether oxygens (including phenoxy) is 8. The topological polar surface area (TPSA) is 560 Å². The number of guanidine groups is 1. The SMILES string of the molecule is CCNC(=O)COCC(N)=O.CCOCCOCCOCCNC(=O)[C@@H]1CSCC(=O)N[C@@H](CCCCNC(=O)CO/N=C\COCCOCCOCCOCCF)C(=O)N[C@H]2CSSC[C@H](NC(=O)[C@H](CC(=O)O)NC(=O)CNC(=O)[C@H](CCCN=C(N)N)NC2=O)C(=O)N[C@@H](Cc2ccccc2)C(=O)N1. The summed E-state index contributed by atoms with van der Waals surface area (Å²) >= 11 is 0.909. The first-order valence-electron chi connectivity index (χ1n) is 34.5. The number of carbonyl (C=O) groups is 13. The fourth-order valence-corrected chi connectivity index (χ4v) is 12.1. The zero-order valence-corrected chi connectivity index (χ0v) is 62.7. The van der Waals surface area contributed by atoms with Gasteiger partial charge in [-0.2, -0.15) is 0 Å². The molecule has 0 aliphatic carbocycles. The van der Waals surface area contributed by atoms with Crippen molar-refractivity contribution in [2.24, 2.45) is 27.3 Å². The summed E-state index contributed by atoms with van der Waals surface area (Å²) in [6.45, 7) is 5.78. The molecule has 1 aromatic rings. The molecule has 7 atom stereocenters. The van der Waals surface area contributed by atoms with Crippen LogP contribution in [0.3, 0.4) is 0 Å². The molecule has 2 aliphatic rings. The second-order valence-corrected chi connectivity index (χ2v) is 26.3. The summed E-state index contributed by atoms with van der Waals surface area (Å²) in [5, 5.41) is 41.9. The van der Waals surface area contributed by atoms with Gasteiger partial charge < -0.3 is 124 Å². The molecule has 2 aliphatic heterocycles. The standard InChI is InChI=1S/C58H93FN14O20S3.C6H12N2O3/c1-2-86-21-22-90-27-24-88-19-16-63-52(80)44-35-94-38-49(76)67-41(11-6-7-14-62-48(75)34-93-66-17-20-89-25-28-92-30-29-91-26-23-87-18-13-59)53(81)72-45-36-95-96-37-46(57(85)70-42(54(82)71-44)31-39-9-4-3-5-10-39)73-55(83)43(32-50(77)78)68-47(74)33-65-51(79)40(69-56(45)84)12-8-15-64-58(60)61;1-2-8-6(10)4-11-3-5(7)9/h3-5,9-10,17,40-46H,2,6-8,11-16,18-38H2,1H3,(H,62,75)(H,63,80)(H,65,79)(H,67,76)(H,68,74)(H,69,84)(H,70,85)(H,71,82)(H,72,81)(H,73,83)(H,77,78)(H4,60,61,64);2-4H2,1H3,(H2,7,9)(H,8,10)/b66-17-;/t40-,41-,42-,43-,44-,45-,46-;/m0./s1. The van der Waals surface area contributed by atoms with Crippen LogP contribution in [0.4, 0.5) is 4.39 Å². The molecule has 604 valence electrons. The average Bonchev–Trinajstić information content (AvgIpc) is 0.849. The number of amides is 12. The van der Waals surface area contributed by atoms with Crippen molar-refractivity contribution >= 4 is 122 Å². The summed E-state index contributed by atoms with van der Waals surface area (Å²) in [7, 11) is 1.84. The van der Waals surface area contributed by atoms with Crippen molar-refractivity contribution in [2.45, 2.75) is 101 Å². The Bertz CT molecular complexity index is 2910. The van der Waals surface area contributed by atoms with E-state index >= 15 is 0 Å². The molecule has 0 unspecified atom stereocenters. The summed E-state index contributed by atoms with van der Waals surface area (Å²) in [6.07, 6.45) is 0.569. The van der Waals surface area contributed by atoms with Crippen LogP contribution in [0.2, 0.25) is 0 Å². The highest BCUT2D eigenvalue weighted by Gasteiger charge is 2.35. The highest BCUT2D eigenvalue weighted by Crippen LogP contribution is 2.24. The van der Waals surface area contributed by atoms with E-state index < -0.39 is 139 Å². The second-order valence-electron chi connectivity index (χ2n) is 22.7. The van der Waals surface area contributed by atoms with Crippen LogP contribution < -0.4 is 75.7 Å². The molecule has 2 fully saturated rings. The number of nitrogens with two attached hydrogens (primary N) is 3. The van der Waals surface area contributed by atoms with Gasteiger partial charge >= 0.3 is 5.97 Å². The Morgan fingerprint density at radius 3 is 1.74 bits per heavy atom. The number of alkyl halides is 1. The summed E-state index contributed by atoms with van der Waals surface area (Å²) in [4.78, 5) is 182. The minimum Gasteiger partial charge on any atom is -0.481 e. The first-order chi connectivity index (χ1) is 51.6. The third kappa shape index (κ3) is 48.6. The van der Waals surface area contributed by atoms with Crippen LogP contribution in [0.1, 0.15) is 57.9 Å². The van der Waals surface area contributed by atoms with Gasteiger partial charge in [-0.25, -0.2) is 4.39 Å². The Hall–Kier alpha value is -8.27. The lowest BCUT2D eigenvalue weighted by Gasteiger charge is -2.27. The van der Waals surface area contributed by atoms with Gasteiger partial charge in [0.2, 0.25) is 65.0 Å². The first kappa shape index (κ1) is 94.8. The maximum absolute atomic E-state index is 14.6. The van der Waals surface area contributed by atoms with Crippen LogP contribution in [0, 0.1) is 0 Å². The van der Waals surface area contributed by atoms with Crippen molar-refractivity contribution in [1.29, 1.82) is 0 Å². The molecule has 39 nitrogen and oxygen atoms in total. The molecule has 0 spiro atoms. The van der Waals surface area contributed by atoms with Gasteiger partial charge in [-0.15, -0.1) is 11.8 Å². The number of primary amides is 1. The molecular formula is C64H105FN16O23S3. The average molecular weight is 1580 g/mol. The molecule has 18 N–H and O–H groups in total. The number of nitrogens with zero attached hydrogens (tertiary/aromatic N) is 2. The lowest BCUT2D eigenvalue weighted by Crippen LogP contribution is -2.60. The lowest BCUT2D eigenvalue weighted by atomic mass is 10.0. The van der Waals surface area contributed by atoms with Crippen molar-refractivity contribution < 1.29 is 115 Å². The Balaban J connectivity index is 0.00000324. The number of aliphatic carboxylic acids is 1. The first-order valence-corrected chi connectivity index (χ1v) is 38.1. The summed E-state index contributed by atoms with van der Waals surface area (Å²) in [5.41, 5.74) is 16.3. The normalized spacial score (nSPS) is 19.5. The van der Waals surface area contributed by atoms with Crippen LogP contribution in [0.25, 0.3) is 0 Å². The third-order valence-corrected chi connectivity index (χ3v) is 17.5. The number of carboxylic acid groups (broad SMARTS) is 1. The number of unbranched alkanes of at least 4 members (excludes halogenated alkanes) is 1. The highest BCUT2D eigenvalue weighted by molar-refractivity contribution is 8.76. The number of halogens is 1. The van der Waals surface area contributed by atoms with E-state index in [1.54, 1.807) is 37.3 Å². The van der Waals surface area contributed by atoms with Crippen molar-refractivity contribution in [2.75, 3.05) is 175 Å². The number of carbonyl (C=O) groups excluding carboxylic acids is 12. The maximum Gasteiger partial charge on any atom is 0.305 e. The van der Waals surface area contributed by atoms with Gasteiger partial charge in [0.1, 0.15) is 62.2 Å². The lowest BCUT2D eigenvalue weighted by molar-refractivity contribution is -0.141. The number of benzene rings is 1. The Morgan fingerprint density at radius 1 is 0.570 bits per heavy atom. The van der Waals surface area contributed by atoms with Crippen LogP contribution in [0.15, 0.2) is 40.5 Å². The number of hydrogen-bond acceptors (Lipinski definition) is 27. The molecule has 2 heterocycles. The molecule has 3 rings (SSSR count). The molecule has 107 heavy (non-hydrogen) atoms. The van der Waals surface area contributed by atoms with Gasteiger partial charge in [0.05, 0.1) is 111 Å². The van der Waals surface area contributed by atoms with Crippen LogP contribution >= 0.6 is 33.3 Å². The van der Waals surface area contributed by atoms with Crippen molar-refractivity contribution in [3.05, 3.63) is 35.9 Å². The van der Waals surface area contributed by atoms with E-state index in [1.165, 1.54) is 6.21 Å². The zero-order valence-electron chi connectivity index (χ0n) is 60.2. The smallest absolute Gasteiger partial charge is 0.305 e. The number of rotatable bonds is 45. The van der Waals surface area contributed by atoms with E-state index in [-0.39, 0.29) is 159 Å². The predicted molar refractivity (Wildman–Crippen MR) is 391 cm³/mol. The maximum atomic E-state index is 14.6. The summed E-state index contributed by atoms with van der Waals surface area (Å²) < 4.78 is 54.1. The monoisotopic (exact) mass is 1580 g/mol. The quantitative estimate of drug-likeness (QED) is 0.00952. The number of thioether (sulfide) groups is 1. The molecular weight excluding hydrogens is 1480 g/mol. The number of oxime groups is 1. The fourth-order valence-electron chi connectivity index (χ4n) is 8.90. The number of carboxylic acids is 1. The molecule has 1 aromatic carbocycles. The Kier molecular flexibility index (Phi) is 53.8. The molecule has 0 aromatic heterocycles. The van der Waals surface area contributed by atoms with E-state index in [0.717, 1.165) is 33.3 Å². The van der Waals surface area contributed by atoms with Crippen LogP contribution in [-0.2, 0) is 111 Å². The number of likely N-dealkylation sites (N-methyl/N-ethyl adjacent to an activating group) is 1. The number of fused-ring (bicyclic) bond motifs is 5. The van der Waals surface area contributed by atoms with Gasteiger partial charge in [0.15, 0.2) is 12.6 Å². The minimum atomic E-state index is -1.82. The third-order valence-electron chi connectivity index (χ3n) is 14.0. The van der Waals surface area contributed by atoms with Gasteiger partial charge in [-0.1, -0.05) is 57.1 Å². The van der Waals surface area contributed by atoms with E-state index in [0.29, 0.717) is 51.7 Å². The minimum absolute atomic E-state index is 0.00584. The molecule has 43 heteroatoms. The van der Waals surface area contributed by atoms with Crippen molar-refractivity contribution in [3.63, 3.8) is 0 Å². The zero-order chi connectivity index (χ0) is 78.7. The number of hydrogen-bond donors (Lipinski definition) is 15. The van der Waals surface area contributed by atoms with E-state index in [4.69, 9.17) is 55.2 Å². The van der Waals surface area contributed by atoms with Crippen molar-refractivity contribution in [3.8, 4) is 0 Å². The number of aliphatic imine (C=N–C) groups is 1. The molecule has 0 saturated carbocycles. The second kappa shape index (κ2) is 60.7. The summed E-state index contributed by atoms with van der Waals surface area (Å²) in [5.74, 6) is -12.5. The largest absolute Gasteiger partial charge is 0.481 e. The Morgan fingerprint density at radius 2 is 1.13 bits per heavy atom. The fraction of sp³-hybridized carbons (Fsp3) is 0.672. The van der Waals surface area contributed by atoms with Gasteiger partial charge in [0.25, 0.3) is 5.91 Å². The predicted octanol–water partition coefficient (Wildman–Crippen LogP) is -5.46. The van der Waals surface area contributed by atoms with Crippen molar-refractivity contribution in [1.82, 2.24) is 58.5 Å². The van der Waals surface area contributed by atoms with Gasteiger partial charge in [0, 0.05) is 56.5 Å². The van der Waals surface area contributed by atoms with E-state index in [9.17, 15) is 71.8 Å². The Labute approximate surface area is 631 Å². The van der Waals surface area contributed by atoms with Crippen LogP contribution in [0.5, 0.6) is 0 Å². The molecule has 0 radical (unpaired) electrons. The van der Waals surface area contributed by atoms with Gasteiger partial charge in [-0.3, -0.25) is 67.3 Å². The molecule has 2 bridgehead atoms. The number of nitrogens with one attached hydrogen (secondary N) is 11. The summed E-state index contributed by atoms with van der Waals surface area (Å²) in [6, 6.07) is -2.03. The van der Waals surface area contributed by atoms with Gasteiger partial charge in [-0.05, 0) is 51.5 Å². The highest BCUT2D eigenvalue weighted by atomic mass is 33.1. The van der Waals surface area contributed by atoms with E-state index in [1.807, 2.05) is 6.92 Å². The van der Waals surface area contributed by atoms with Crippen LogP contribution in [-0.4, -0.2) is 311 Å². The molecule has 2 saturated heterocycles. The van der Waals surface area contributed by atoms with E-state index in [2.05, 4.69) is 73.4 Å².